The number of hydrogen-bond donors (Lipinski definition) is 0. The molecular formula is C23H12BrClINO4. The molecule has 0 aliphatic carbocycles. The molecule has 0 amide bonds. The molecule has 0 unspecified atom stereocenters. The summed E-state index contributed by atoms with van der Waals surface area (Å²) in [5.41, 5.74) is 1.88. The van der Waals surface area contributed by atoms with Crippen molar-refractivity contribution in [2.75, 3.05) is 0 Å². The lowest BCUT2D eigenvalue weighted by Crippen LogP contribution is -2.08. The number of benzene rings is 3. The van der Waals surface area contributed by atoms with Gasteiger partial charge >= 0.3 is 11.9 Å². The van der Waals surface area contributed by atoms with Crippen LogP contribution >= 0.6 is 50.1 Å². The van der Waals surface area contributed by atoms with E-state index in [0.29, 0.717) is 21.9 Å². The lowest BCUT2D eigenvalue weighted by molar-refractivity contribution is -0.129. The van der Waals surface area contributed by atoms with Crippen LogP contribution in [0.4, 0.5) is 0 Å². The molecule has 0 spiro atoms. The Bertz CT molecular complexity index is 1250. The molecule has 154 valence electrons. The second kappa shape index (κ2) is 9.33. The first kappa shape index (κ1) is 21.7. The Hall–Kier alpha value is -2.49. The van der Waals surface area contributed by atoms with Crippen molar-refractivity contribution in [2.24, 2.45) is 4.99 Å². The molecule has 0 N–H and O–H groups in total. The number of halogens is 3. The first-order valence-corrected chi connectivity index (χ1v) is 11.2. The molecule has 1 aliphatic rings. The fourth-order valence-corrected chi connectivity index (χ4v) is 3.67. The van der Waals surface area contributed by atoms with Crippen molar-refractivity contribution in [1.82, 2.24) is 0 Å². The van der Waals surface area contributed by atoms with Gasteiger partial charge in [-0.25, -0.2) is 14.6 Å². The normalized spacial score (nSPS) is 14.4. The first-order chi connectivity index (χ1) is 14.9. The standard InChI is InChI=1S/C23H12BrClINO4/c24-17-12-14(7-10-19(17)26)21-27-20(23(29)31-21)11-13-5-8-15(9-6-13)30-22(28)16-3-1-2-4-18(16)25/h1-12H/b20-11-. The molecule has 0 bridgehead atoms. The van der Waals surface area contributed by atoms with Crippen LogP contribution in [0.15, 0.2) is 81.9 Å². The topological polar surface area (TPSA) is 65.0 Å². The minimum absolute atomic E-state index is 0.186. The Labute approximate surface area is 205 Å². The predicted molar refractivity (Wildman–Crippen MR) is 130 cm³/mol. The van der Waals surface area contributed by atoms with Crippen LogP contribution in [0.3, 0.4) is 0 Å². The average molecular weight is 609 g/mol. The second-order valence-corrected chi connectivity index (χ2v) is 8.83. The number of hydrogen-bond acceptors (Lipinski definition) is 5. The van der Waals surface area contributed by atoms with Crippen LogP contribution in [-0.4, -0.2) is 17.8 Å². The third kappa shape index (κ3) is 5.06. The van der Waals surface area contributed by atoms with Crippen molar-refractivity contribution >= 4 is 74.0 Å². The number of carbonyl (C=O) groups is 2. The zero-order valence-electron chi connectivity index (χ0n) is 15.6. The third-order valence-electron chi connectivity index (χ3n) is 4.27. The molecule has 4 rings (SSSR count). The van der Waals surface area contributed by atoms with Gasteiger partial charge in [0.1, 0.15) is 5.75 Å². The maximum absolute atomic E-state index is 12.3. The minimum Gasteiger partial charge on any atom is -0.423 e. The van der Waals surface area contributed by atoms with Gasteiger partial charge in [-0.15, -0.1) is 0 Å². The number of aliphatic imine (C=N–C) groups is 1. The smallest absolute Gasteiger partial charge is 0.363 e. The summed E-state index contributed by atoms with van der Waals surface area (Å²) in [5.74, 6) is -0.472. The van der Waals surface area contributed by atoms with Crippen molar-refractivity contribution in [3.63, 3.8) is 0 Å². The Morgan fingerprint density at radius 1 is 1.10 bits per heavy atom. The summed E-state index contributed by atoms with van der Waals surface area (Å²) in [4.78, 5) is 28.8. The van der Waals surface area contributed by atoms with E-state index in [-0.39, 0.29) is 17.2 Å². The number of nitrogens with zero attached hydrogens (tertiary/aromatic N) is 1. The molecule has 5 nitrogen and oxygen atoms in total. The van der Waals surface area contributed by atoms with Gasteiger partial charge in [-0.1, -0.05) is 35.9 Å². The maximum atomic E-state index is 12.3. The lowest BCUT2D eigenvalue weighted by atomic mass is 10.2. The molecule has 1 heterocycles. The molecule has 0 atom stereocenters. The van der Waals surface area contributed by atoms with Gasteiger partial charge in [0.2, 0.25) is 5.90 Å². The second-order valence-electron chi connectivity index (χ2n) is 6.40. The van der Waals surface area contributed by atoms with Crippen molar-refractivity contribution in [3.8, 4) is 5.75 Å². The van der Waals surface area contributed by atoms with Crippen molar-refractivity contribution < 1.29 is 19.1 Å². The summed E-state index contributed by atoms with van der Waals surface area (Å²) < 4.78 is 12.6. The first-order valence-electron chi connectivity index (χ1n) is 8.95. The van der Waals surface area contributed by atoms with Gasteiger partial charge in [-0.2, -0.15) is 0 Å². The predicted octanol–water partition coefficient (Wildman–Crippen LogP) is 6.27. The maximum Gasteiger partial charge on any atom is 0.363 e. The van der Waals surface area contributed by atoms with Crippen LogP contribution in [0.5, 0.6) is 5.75 Å². The highest BCUT2D eigenvalue weighted by Crippen LogP contribution is 2.25. The summed E-state index contributed by atoms with van der Waals surface area (Å²) in [6.45, 7) is 0. The van der Waals surface area contributed by atoms with Gasteiger partial charge in [0.15, 0.2) is 5.70 Å². The highest BCUT2D eigenvalue weighted by atomic mass is 127. The van der Waals surface area contributed by atoms with E-state index in [4.69, 9.17) is 21.1 Å². The molecule has 1 aliphatic heterocycles. The van der Waals surface area contributed by atoms with E-state index in [9.17, 15) is 9.59 Å². The largest absolute Gasteiger partial charge is 0.423 e. The van der Waals surface area contributed by atoms with Gasteiger partial charge in [-0.3, -0.25) is 0 Å². The SMILES string of the molecule is O=C1OC(c2ccc(I)c(Br)c2)=N/C1=C\c1ccc(OC(=O)c2ccccc2Cl)cc1. The van der Waals surface area contributed by atoms with E-state index in [1.165, 1.54) is 0 Å². The van der Waals surface area contributed by atoms with E-state index in [0.717, 1.165) is 8.04 Å². The Morgan fingerprint density at radius 2 is 1.84 bits per heavy atom. The fourth-order valence-electron chi connectivity index (χ4n) is 2.74. The number of cyclic esters (lactones) is 1. The van der Waals surface area contributed by atoms with E-state index >= 15 is 0 Å². The van der Waals surface area contributed by atoms with Crippen LogP contribution in [0.1, 0.15) is 21.5 Å². The van der Waals surface area contributed by atoms with Crippen LogP contribution < -0.4 is 4.74 Å². The number of esters is 2. The summed E-state index contributed by atoms with van der Waals surface area (Å²) in [5, 5.41) is 0.322. The molecule has 0 saturated carbocycles. The van der Waals surface area contributed by atoms with Crippen molar-refractivity contribution in [2.45, 2.75) is 0 Å². The zero-order chi connectivity index (χ0) is 22.0. The number of carbonyl (C=O) groups excluding carboxylic acids is 2. The number of ether oxygens (including phenoxy) is 2. The number of rotatable bonds is 4. The van der Waals surface area contributed by atoms with Gasteiger partial charge in [0.25, 0.3) is 0 Å². The van der Waals surface area contributed by atoms with Crippen LogP contribution in [-0.2, 0) is 9.53 Å². The Balaban J connectivity index is 1.50. The molecule has 3 aromatic rings. The fraction of sp³-hybridized carbons (Fsp3) is 0. The minimum atomic E-state index is -0.547. The van der Waals surface area contributed by atoms with E-state index < -0.39 is 11.9 Å². The van der Waals surface area contributed by atoms with E-state index in [2.05, 4.69) is 43.5 Å². The monoisotopic (exact) mass is 607 g/mol. The molecule has 8 heteroatoms. The van der Waals surface area contributed by atoms with E-state index in [1.54, 1.807) is 54.6 Å². The van der Waals surface area contributed by atoms with Crippen LogP contribution in [0.2, 0.25) is 5.02 Å². The molecule has 0 fully saturated rings. The van der Waals surface area contributed by atoms with Gasteiger partial charge in [-0.05, 0) is 92.6 Å². The average Bonchev–Trinajstić information content (AvgIpc) is 3.12. The summed E-state index contributed by atoms with van der Waals surface area (Å²) in [7, 11) is 0. The Kier molecular flexibility index (Phi) is 6.54. The van der Waals surface area contributed by atoms with Crippen LogP contribution in [0, 0.1) is 3.57 Å². The summed E-state index contributed by atoms with van der Waals surface area (Å²) >= 11 is 11.7. The Morgan fingerprint density at radius 3 is 2.55 bits per heavy atom. The molecule has 0 radical (unpaired) electrons. The van der Waals surface area contributed by atoms with E-state index in [1.807, 2.05) is 18.2 Å². The van der Waals surface area contributed by atoms with Crippen molar-refractivity contribution in [3.05, 3.63) is 102 Å². The quantitative estimate of drug-likeness (QED) is 0.152. The third-order valence-corrected chi connectivity index (χ3v) is 6.94. The highest BCUT2D eigenvalue weighted by Gasteiger charge is 2.24. The molecule has 0 aromatic heterocycles. The highest BCUT2D eigenvalue weighted by molar-refractivity contribution is 14.1. The molecule has 0 saturated heterocycles. The van der Waals surface area contributed by atoms with Crippen LogP contribution in [0.25, 0.3) is 6.08 Å². The molecule has 31 heavy (non-hydrogen) atoms. The van der Waals surface area contributed by atoms with Gasteiger partial charge in [0, 0.05) is 13.6 Å². The summed E-state index contributed by atoms with van der Waals surface area (Å²) in [6.07, 6.45) is 1.61. The molecular weight excluding hydrogens is 597 g/mol. The lowest BCUT2D eigenvalue weighted by Gasteiger charge is -2.06. The van der Waals surface area contributed by atoms with Gasteiger partial charge in [0.05, 0.1) is 10.6 Å². The van der Waals surface area contributed by atoms with Crippen molar-refractivity contribution in [1.29, 1.82) is 0 Å². The molecule has 3 aromatic carbocycles. The summed E-state index contributed by atoms with van der Waals surface area (Å²) in [6, 6.07) is 18.9. The van der Waals surface area contributed by atoms with Gasteiger partial charge < -0.3 is 9.47 Å². The zero-order valence-corrected chi connectivity index (χ0v) is 20.1.